The van der Waals surface area contributed by atoms with E-state index in [-0.39, 0.29) is 5.91 Å². The van der Waals surface area contributed by atoms with E-state index in [4.69, 9.17) is 0 Å². The number of amides is 1. The van der Waals surface area contributed by atoms with Crippen molar-refractivity contribution < 1.29 is 4.79 Å². The van der Waals surface area contributed by atoms with Crippen molar-refractivity contribution in [2.45, 2.75) is 11.3 Å². The maximum Gasteiger partial charge on any atom is 0.268 e. The summed E-state index contributed by atoms with van der Waals surface area (Å²) < 4.78 is 0. The van der Waals surface area contributed by atoms with Gasteiger partial charge in [-0.05, 0) is 47.9 Å². The van der Waals surface area contributed by atoms with Gasteiger partial charge in [-0.3, -0.25) is 9.78 Å². The zero-order valence-electron chi connectivity index (χ0n) is 13.2. The Hall–Kier alpha value is -2.11. The highest BCUT2D eigenvalue weighted by molar-refractivity contribution is 7.99. The molecule has 24 heavy (non-hydrogen) atoms. The van der Waals surface area contributed by atoms with E-state index < -0.39 is 0 Å². The lowest BCUT2D eigenvalue weighted by atomic mass is 10.2. The van der Waals surface area contributed by atoms with Crippen LogP contribution in [0, 0.1) is 0 Å². The smallest absolute Gasteiger partial charge is 0.268 e. The Morgan fingerprint density at radius 3 is 2.54 bits per heavy atom. The summed E-state index contributed by atoms with van der Waals surface area (Å²) in [6.45, 7) is 0.707. The first-order valence-corrected chi connectivity index (χ1v) is 9.64. The third kappa shape index (κ3) is 4.46. The van der Waals surface area contributed by atoms with Crippen molar-refractivity contribution in [3.8, 4) is 0 Å². The molecule has 3 rings (SSSR count). The largest absolute Gasteiger partial charge is 0.308 e. The summed E-state index contributed by atoms with van der Waals surface area (Å²) in [6.07, 6.45) is 4.54. The molecule has 1 amide bonds. The first kappa shape index (κ1) is 16.7. The van der Waals surface area contributed by atoms with E-state index in [1.54, 1.807) is 24.2 Å². The van der Waals surface area contributed by atoms with Gasteiger partial charge in [0.15, 0.2) is 0 Å². The molecule has 1 aromatic carbocycles. The Kier molecular flexibility index (Phi) is 6.04. The minimum absolute atomic E-state index is 0.0742. The van der Waals surface area contributed by atoms with Crippen molar-refractivity contribution in [3.05, 3.63) is 77.2 Å². The van der Waals surface area contributed by atoms with E-state index in [2.05, 4.69) is 4.98 Å². The molecule has 0 aliphatic rings. The fraction of sp³-hybridized carbons (Fsp3) is 0.158. The highest BCUT2D eigenvalue weighted by atomic mass is 32.2. The van der Waals surface area contributed by atoms with Crippen LogP contribution < -0.4 is 4.90 Å². The van der Waals surface area contributed by atoms with E-state index in [0.717, 1.165) is 22.7 Å². The first-order chi connectivity index (χ1) is 11.8. The third-order valence-corrected chi connectivity index (χ3v) is 5.45. The maximum absolute atomic E-state index is 12.8. The second kappa shape index (κ2) is 8.66. The van der Waals surface area contributed by atoms with Gasteiger partial charge in [-0.25, -0.2) is 0 Å². The zero-order chi connectivity index (χ0) is 16.6. The molecule has 0 saturated heterocycles. The summed E-state index contributed by atoms with van der Waals surface area (Å²) in [5.74, 6) is 1.04. The fourth-order valence-corrected chi connectivity index (χ4v) is 3.83. The Morgan fingerprint density at radius 2 is 1.83 bits per heavy atom. The topological polar surface area (TPSA) is 33.2 Å². The van der Waals surface area contributed by atoms with Crippen molar-refractivity contribution in [1.29, 1.82) is 0 Å². The summed E-state index contributed by atoms with van der Waals surface area (Å²) in [5.41, 5.74) is 0.949. The van der Waals surface area contributed by atoms with Gasteiger partial charge in [0.1, 0.15) is 0 Å². The van der Waals surface area contributed by atoms with Crippen LogP contribution in [0.25, 0.3) is 0 Å². The summed E-state index contributed by atoms with van der Waals surface area (Å²) in [4.78, 5) is 20.7. The summed E-state index contributed by atoms with van der Waals surface area (Å²) in [6, 6.07) is 17.7. The average Bonchev–Trinajstić information content (AvgIpc) is 3.18. The van der Waals surface area contributed by atoms with Gasteiger partial charge in [0.2, 0.25) is 0 Å². The van der Waals surface area contributed by atoms with Gasteiger partial charge in [0, 0.05) is 29.5 Å². The second-order valence-electron chi connectivity index (χ2n) is 5.15. The molecule has 0 N–H and O–H groups in total. The van der Waals surface area contributed by atoms with Crippen molar-refractivity contribution in [2.24, 2.45) is 0 Å². The van der Waals surface area contributed by atoms with Crippen LogP contribution in [0.15, 0.2) is 77.3 Å². The van der Waals surface area contributed by atoms with Crippen molar-refractivity contribution in [3.63, 3.8) is 0 Å². The monoisotopic (exact) mass is 354 g/mol. The Balaban J connectivity index is 1.63. The Labute approximate surface area is 150 Å². The number of thioether (sulfide) groups is 1. The number of thiophene rings is 1. The SMILES string of the molecule is O=C(c1cccs1)N(CCCSc1ccncc1)c1ccccc1. The number of pyridine rings is 1. The number of anilines is 1. The molecule has 0 saturated carbocycles. The van der Waals surface area contributed by atoms with Gasteiger partial charge >= 0.3 is 0 Å². The molecule has 0 atom stereocenters. The molecular formula is C19H18N2OS2. The van der Waals surface area contributed by atoms with Crippen molar-refractivity contribution >= 4 is 34.7 Å². The lowest BCUT2D eigenvalue weighted by Crippen LogP contribution is -2.31. The Morgan fingerprint density at radius 1 is 1.04 bits per heavy atom. The first-order valence-electron chi connectivity index (χ1n) is 7.78. The van der Waals surface area contributed by atoms with Crippen LogP contribution in [0.5, 0.6) is 0 Å². The third-order valence-electron chi connectivity index (χ3n) is 3.49. The minimum atomic E-state index is 0.0742. The number of nitrogens with zero attached hydrogens (tertiary/aromatic N) is 2. The van der Waals surface area contributed by atoms with Crippen LogP contribution in [0.3, 0.4) is 0 Å². The van der Waals surface area contributed by atoms with E-state index in [1.165, 1.54) is 16.2 Å². The van der Waals surface area contributed by atoms with Gasteiger partial charge in [-0.2, -0.15) is 0 Å². The predicted octanol–water partition coefficient (Wildman–Crippen LogP) is 4.97. The molecule has 0 spiro atoms. The van der Waals surface area contributed by atoms with Crippen LogP contribution >= 0.6 is 23.1 Å². The van der Waals surface area contributed by atoms with Crippen LogP contribution in [0.1, 0.15) is 16.1 Å². The predicted molar refractivity (Wildman–Crippen MR) is 102 cm³/mol. The average molecular weight is 354 g/mol. The number of carbonyl (C=O) groups is 1. The molecular weight excluding hydrogens is 336 g/mol. The quantitative estimate of drug-likeness (QED) is 0.443. The maximum atomic E-state index is 12.8. The summed E-state index contributed by atoms with van der Waals surface area (Å²) in [5, 5.41) is 1.94. The molecule has 3 nitrogen and oxygen atoms in total. The van der Waals surface area contributed by atoms with Gasteiger partial charge in [0.25, 0.3) is 5.91 Å². The second-order valence-corrected chi connectivity index (χ2v) is 7.27. The molecule has 5 heteroatoms. The molecule has 2 aromatic heterocycles. The van der Waals surface area contributed by atoms with Crippen molar-refractivity contribution in [2.75, 3.05) is 17.2 Å². The number of hydrogen-bond donors (Lipinski definition) is 0. The van der Waals surface area contributed by atoms with Gasteiger partial charge in [-0.15, -0.1) is 23.1 Å². The molecule has 0 aliphatic heterocycles. The molecule has 0 radical (unpaired) electrons. The number of rotatable bonds is 7. The number of hydrogen-bond acceptors (Lipinski definition) is 4. The molecule has 3 aromatic rings. The van der Waals surface area contributed by atoms with Gasteiger partial charge < -0.3 is 4.90 Å². The van der Waals surface area contributed by atoms with Gasteiger partial charge in [-0.1, -0.05) is 24.3 Å². The standard InChI is InChI=1S/C19H18N2OS2/c22-19(18-8-4-14-24-18)21(16-6-2-1-3-7-16)13-5-15-23-17-9-11-20-12-10-17/h1-4,6-12,14H,5,13,15H2. The van der Waals surface area contributed by atoms with E-state index in [9.17, 15) is 4.79 Å². The van der Waals surface area contributed by atoms with Crippen LogP contribution in [-0.4, -0.2) is 23.2 Å². The van der Waals surface area contributed by atoms with Crippen LogP contribution in [-0.2, 0) is 0 Å². The van der Waals surface area contributed by atoms with E-state index in [1.807, 2.05) is 64.9 Å². The van der Waals surface area contributed by atoms with Crippen molar-refractivity contribution in [1.82, 2.24) is 4.98 Å². The highest BCUT2D eigenvalue weighted by Gasteiger charge is 2.17. The lowest BCUT2D eigenvalue weighted by Gasteiger charge is -2.22. The number of aromatic nitrogens is 1. The molecule has 0 aliphatic carbocycles. The Bertz CT molecular complexity index is 746. The number of para-hydroxylation sites is 1. The van der Waals surface area contributed by atoms with E-state index >= 15 is 0 Å². The zero-order valence-corrected chi connectivity index (χ0v) is 14.8. The molecule has 0 unspecified atom stereocenters. The fourth-order valence-electron chi connectivity index (χ4n) is 2.34. The molecule has 2 heterocycles. The summed E-state index contributed by atoms with van der Waals surface area (Å²) in [7, 11) is 0. The molecule has 0 bridgehead atoms. The number of benzene rings is 1. The van der Waals surface area contributed by atoms with E-state index in [0.29, 0.717) is 6.54 Å². The summed E-state index contributed by atoms with van der Waals surface area (Å²) >= 11 is 3.28. The normalized spacial score (nSPS) is 10.5. The van der Waals surface area contributed by atoms with Crippen LogP contribution in [0.2, 0.25) is 0 Å². The molecule has 122 valence electrons. The van der Waals surface area contributed by atoms with Crippen LogP contribution in [0.4, 0.5) is 5.69 Å². The lowest BCUT2D eigenvalue weighted by molar-refractivity contribution is 0.0991. The minimum Gasteiger partial charge on any atom is -0.308 e. The molecule has 0 fully saturated rings. The number of carbonyl (C=O) groups excluding carboxylic acids is 1. The highest BCUT2D eigenvalue weighted by Crippen LogP contribution is 2.22. The van der Waals surface area contributed by atoms with Gasteiger partial charge in [0.05, 0.1) is 4.88 Å².